The second-order valence-corrected chi connectivity index (χ2v) is 5.74. The summed E-state index contributed by atoms with van der Waals surface area (Å²) in [4.78, 5) is 20.0. The highest BCUT2D eigenvalue weighted by Crippen LogP contribution is 2.22. The Labute approximate surface area is 146 Å². The van der Waals surface area contributed by atoms with Crippen molar-refractivity contribution in [3.63, 3.8) is 0 Å². The molecular weight excluding hydrogens is 344 g/mol. The van der Waals surface area contributed by atoms with Crippen molar-refractivity contribution in [2.45, 2.75) is 6.54 Å². The van der Waals surface area contributed by atoms with Gasteiger partial charge in [0, 0.05) is 24.0 Å². The molecule has 0 atom stereocenters. The smallest absolute Gasteiger partial charge is 0.374 e. The first-order valence-electron chi connectivity index (χ1n) is 7.34. The van der Waals surface area contributed by atoms with Crippen molar-refractivity contribution in [1.82, 2.24) is 24.6 Å². The largest absolute Gasteiger partial charge is 0.475 e. The molecule has 0 aliphatic carbocycles. The standard InChI is InChI=1S/C16H11ClN6O2/c17-10-3-1-2-9(6-10)7-19-16-20-12-4-5-18-8-11(12)13-21-22-14(15(24)25)23(13)16/h1-6,8H,7H2,(H,19,20)(H,24,25). The lowest BCUT2D eigenvalue weighted by atomic mass is 10.2. The molecule has 3 heterocycles. The lowest BCUT2D eigenvalue weighted by Crippen LogP contribution is -2.12. The zero-order valence-electron chi connectivity index (χ0n) is 12.7. The van der Waals surface area contributed by atoms with Crippen LogP contribution in [0.5, 0.6) is 0 Å². The van der Waals surface area contributed by atoms with E-state index in [1.165, 1.54) is 4.40 Å². The van der Waals surface area contributed by atoms with E-state index in [4.69, 9.17) is 11.6 Å². The molecule has 124 valence electrons. The molecule has 2 N–H and O–H groups in total. The van der Waals surface area contributed by atoms with Crippen LogP contribution in [0.25, 0.3) is 16.6 Å². The molecule has 1 aromatic carbocycles. The number of nitrogens with zero attached hydrogens (tertiary/aromatic N) is 5. The Kier molecular flexibility index (Phi) is 3.66. The van der Waals surface area contributed by atoms with Crippen LogP contribution in [0.2, 0.25) is 5.02 Å². The average molecular weight is 355 g/mol. The van der Waals surface area contributed by atoms with E-state index < -0.39 is 5.97 Å². The Hall–Kier alpha value is -3.26. The summed E-state index contributed by atoms with van der Waals surface area (Å²) in [6.07, 6.45) is 3.19. The lowest BCUT2D eigenvalue weighted by Gasteiger charge is -2.10. The van der Waals surface area contributed by atoms with Crippen LogP contribution in [0, 0.1) is 0 Å². The van der Waals surface area contributed by atoms with Crippen LogP contribution >= 0.6 is 11.6 Å². The van der Waals surface area contributed by atoms with Gasteiger partial charge in [-0.2, -0.15) is 0 Å². The number of hydrogen-bond donors (Lipinski definition) is 2. The Bertz CT molecular complexity index is 1110. The SMILES string of the molecule is O=C(O)c1nnc2c3cnccc3nc(NCc3cccc(Cl)c3)n12. The number of pyridine rings is 1. The molecule has 0 radical (unpaired) electrons. The minimum atomic E-state index is -1.19. The topological polar surface area (TPSA) is 105 Å². The molecule has 0 aliphatic heterocycles. The van der Waals surface area contributed by atoms with Crippen LogP contribution in [-0.4, -0.2) is 35.6 Å². The van der Waals surface area contributed by atoms with Gasteiger partial charge in [-0.05, 0) is 23.8 Å². The van der Waals surface area contributed by atoms with Crippen LogP contribution in [0.1, 0.15) is 16.2 Å². The van der Waals surface area contributed by atoms with Crippen LogP contribution in [-0.2, 0) is 6.54 Å². The summed E-state index contributed by atoms with van der Waals surface area (Å²) in [7, 11) is 0. The van der Waals surface area contributed by atoms with Gasteiger partial charge in [-0.3, -0.25) is 4.98 Å². The van der Waals surface area contributed by atoms with Gasteiger partial charge in [-0.25, -0.2) is 14.2 Å². The van der Waals surface area contributed by atoms with E-state index in [9.17, 15) is 9.90 Å². The number of nitrogens with one attached hydrogen (secondary N) is 1. The van der Waals surface area contributed by atoms with Gasteiger partial charge in [0.05, 0.1) is 10.9 Å². The minimum Gasteiger partial charge on any atom is -0.475 e. The Morgan fingerprint density at radius 1 is 1.28 bits per heavy atom. The lowest BCUT2D eigenvalue weighted by molar-refractivity contribution is 0.0682. The number of fused-ring (bicyclic) bond motifs is 3. The molecule has 9 heteroatoms. The minimum absolute atomic E-state index is 0.221. The zero-order chi connectivity index (χ0) is 17.4. The van der Waals surface area contributed by atoms with Gasteiger partial charge in [-0.15, -0.1) is 10.2 Å². The quantitative estimate of drug-likeness (QED) is 0.580. The van der Waals surface area contributed by atoms with Crippen molar-refractivity contribution in [3.05, 3.63) is 59.1 Å². The number of carbonyl (C=O) groups is 1. The monoisotopic (exact) mass is 354 g/mol. The summed E-state index contributed by atoms with van der Waals surface area (Å²) in [5.41, 5.74) is 1.95. The fourth-order valence-electron chi connectivity index (χ4n) is 2.57. The maximum absolute atomic E-state index is 11.5. The van der Waals surface area contributed by atoms with Gasteiger partial charge in [-0.1, -0.05) is 23.7 Å². The van der Waals surface area contributed by atoms with E-state index in [1.807, 2.05) is 18.2 Å². The second-order valence-electron chi connectivity index (χ2n) is 5.30. The summed E-state index contributed by atoms with van der Waals surface area (Å²) < 4.78 is 1.37. The number of hydrogen-bond acceptors (Lipinski definition) is 6. The van der Waals surface area contributed by atoms with Crippen molar-refractivity contribution in [2.24, 2.45) is 0 Å². The predicted molar refractivity (Wildman–Crippen MR) is 91.8 cm³/mol. The number of carboxylic acid groups (broad SMARTS) is 1. The molecule has 0 bridgehead atoms. The van der Waals surface area contributed by atoms with Gasteiger partial charge in [0.15, 0.2) is 5.65 Å². The molecule has 0 saturated carbocycles. The highest BCUT2D eigenvalue weighted by molar-refractivity contribution is 6.30. The van der Waals surface area contributed by atoms with E-state index >= 15 is 0 Å². The van der Waals surface area contributed by atoms with Gasteiger partial charge < -0.3 is 10.4 Å². The van der Waals surface area contributed by atoms with Crippen molar-refractivity contribution in [3.8, 4) is 0 Å². The van der Waals surface area contributed by atoms with Crippen LogP contribution in [0.3, 0.4) is 0 Å². The zero-order valence-corrected chi connectivity index (χ0v) is 13.5. The average Bonchev–Trinajstić information content (AvgIpc) is 3.05. The number of halogens is 1. The van der Waals surface area contributed by atoms with E-state index in [1.54, 1.807) is 24.5 Å². The van der Waals surface area contributed by atoms with Gasteiger partial charge in [0.1, 0.15) is 0 Å². The molecular formula is C16H11ClN6O2. The Morgan fingerprint density at radius 3 is 2.96 bits per heavy atom. The molecule has 4 rings (SSSR count). The number of aromatic nitrogens is 5. The number of carboxylic acids is 1. The van der Waals surface area contributed by atoms with Crippen molar-refractivity contribution in [2.75, 3.05) is 5.32 Å². The first-order valence-corrected chi connectivity index (χ1v) is 7.72. The third-order valence-electron chi connectivity index (χ3n) is 3.67. The van der Waals surface area contributed by atoms with Crippen molar-refractivity contribution in [1.29, 1.82) is 0 Å². The maximum atomic E-state index is 11.5. The highest BCUT2D eigenvalue weighted by atomic mass is 35.5. The fourth-order valence-corrected chi connectivity index (χ4v) is 2.78. The molecule has 0 unspecified atom stereocenters. The van der Waals surface area contributed by atoms with E-state index in [-0.39, 0.29) is 5.82 Å². The Balaban J connectivity index is 1.85. The number of aromatic carboxylic acids is 1. The van der Waals surface area contributed by atoms with E-state index in [2.05, 4.69) is 25.5 Å². The van der Waals surface area contributed by atoms with E-state index in [0.717, 1.165) is 5.56 Å². The predicted octanol–water partition coefficient (Wildman–Crippen LogP) is 2.64. The molecule has 0 fully saturated rings. The summed E-state index contributed by atoms with van der Waals surface area (Å²) in [6.45, 7) is 0.413. The number of anilines is 1. The summed E-state index contributed by atoms with van der Waals surface area (Å²) in [5.74, 6) is -1.08. The second kappa shape index (κ2) is 5.99. The highest BCUT2D eigenvalue weighted by Gasteiger charge is 2.19. The first-order chi connectivity index (χ1) is 12.1. The molecule has 0 saturated heterocycles. The van der Waals surface area contributed by atoms with Crippen LogP contribution in [0.4, 0.5) is 5.95 Å². The molecule has 0 spiro atoms. The van der Waals surface area contributed by atoms with Crippen molar-refractivity contribution < 1.29 is 9.90 Å². The molecule has 0 amide bonds. The first kappa shape index (κ1) is 15.3. The molecule has 25 heavy (non-hydrogen) atoms. The third-order valence-corrected chi connectivity index (χ3v) is 3.91. The Morgan fingerprint density at radius 2 is 2.16 bits per heavy atom. The maximum Gasteiger partial charge on any atom is 0.374 e. The van der Waals surface area contributed by atoms with Crippen molar-refractivity contribution >= 4 is 40.1 Å². The van der Waals surface area contributed by atoms with Gasteiger partial charge in [0.2, 0.25) is 11.8 Å². The molecule has 8 nitrogen and oxygen atoms in total. The van der Waals surface area contributed by atoms with Crippen LogP contribution < -0.4 is 5.32 Å². The fraction of sp³-hybridized carbons (Fsp3) is 0.0625. The molecule has 4 aromatic rings. The third kappa shape index (κ3) is 2.72. The molecule has 3 aromatic heterocycles. The summed E-state index contributed by atoms with van der Waals surface area (Å²) in [5, 5.41) is 21.5. The molecule has 0 aliphatic rings. The number of benzene rings is 1. The summed E-state index contributed by atoms with van der Waals surface area (Å²) in [6, 6.07) is 9.09. The summed E-state index contributed by atoms with van der Waals surface area (Å²) >= 11 is 6.00. The van der Waals surface area contributed by atoms with E-state index in [0.29, 0.717) is 34.1 Å². The normalized spacial score (nSPS) is 11.1. The number of rotatable bonds is 4. The van der Waals surface area contributed by atoms with Gasteiger partial charge >= 0.3 is 5.97 Å². The van der Waals surface area contributed by atoms with Crippen LogP contribution in [0.15, 0.2) is 42.7 Å². The van der Waals surface area contributed by atoms with Gasteiger partial charge in [0.25, 0.3) is 0 Å².